The number of hydrogen-bond acceptors (Lipinski definition) is 6. The van der Waals surface area contributed by atoms with E-state index in [2.05, 4.69) is 27.1 Å². The Morgan fingerprint density at radius 3 is 2.88 bits per heavy atom. The highest BCUT2D eigenvalue weighted by Crippen LogP contribution is 2.27. The maximum Gasteiger partial charge on any atom is 0.240 e. The number of benzene rings is 1. The second-order valence-corrected chi connectivity index (χ2v) is 6.51. The lowest BCUT2D eigenvalue weighted by molar-refractivity contribution is 0.0985. The Hall–Kier alpha value is -2.45. The molecule has 9 heteroatoms. The minimum absolute atomic E-state index is 0.181. The first-order valence-corrected chi connectivity index (χ1v) is 8.69. The van der Waals surface area contributed by atoms with E-state index in [1.807, 2.05) is 0 Å². The summed E-state index contributed by atoms with van der Waals surface area (Å²) in [6.45, 7) is 4.06. The molecule has 1 saturated heterocycles. The van der Waals surface area contributed by atoms with Gasteiger partial charge in [-0.1, -0.05) is 11.6 Å². The SMILES string of the molecule is CNc1nc2cc(F)ccc2n1-c1nc(Cl)cc(N2CCOC[C@H]2C)n1. The number of aromatic nitrogens is 4. The second-order valence-electron chi connectivity index (χ2n) is 6.12. The van der Waals surface area contributed by atoms with Gasteiger partial charge in [-0.3, -0.25) is 0 Å². The summed E-state index contributed by atoms with van der Waals surface area (Å²) >= 11 is 6.28. The number of halogens is 2. The summed E-state index contributed by atoms with van der Waals surface area (Å²) in [6, 6.07) is 6.34. The van der Waals surface area contributed by atoms with Crippen molar-refractivity contribution in [1.82, 2.24) is 19.5 Å². The fraction of sp³-hybridized carbons (Fsp3) is 0.353. The molecule has 3 heterocycles. The maximum absolute atomic E-state index is 13.6. The molecule has 26 heavy (non-hydrogen) atoms. The van der Waals surface area contributed by atoms with Crippen molar-refractivity contribution < 1.29 is 9.13 Å². The Morgan fingerprint density at radius 1 is 1.27 bits per heavy atom. The zero-order chi connectivity index (χ0) is 18.3. The van der Waals surface area contributed by atoms with Crippen LogP contribution in [0.2, 0.25) is 5.15 Å². The predicted octanol–water partition coefficient (Wildman–Crippen LogP) is 2.87. The fourth-order valence-electron chi connectivity index (χ4n) is 3.13. The summed E-state index contributed by atoms with van der Waals surface area (Å²) in [5, 5.41) is 3.33. The molecule has 0 unspecified atom stereocenters. The number of fused-ring (bicyclic) bond motifs is 1. The van der Waals surface area contributed by atoms with E-state index in [9.17, 15) is 4.39 Å². The van der Waals surface area contributed by atoms with Gasteiger partial charge < -0.3 is 15.0 Å². The van der Waals surface area contributed by atoms with Crippen molar-refractivity contribution in [2.24, 2.45) is 0 Å². The Morgan fingerprint density at radius 2 is 2.12 bits per heavy atom. The number of morpholine rings is 1. The van der Waals surface area contributed by atoms with Gasteiger partial charge in [-0.15, -0.1) is 0 Å². The van der Waals surface area contributed by atoms with Gasteiger partial charge in [0.05, 0.1) is 30.3 Å². The number of nitrogens with zero attached hydrogens (tertiary/aromatic N) is 5. The zero-order valence-electron chi connectivity index (χ0n) is 14.4. The molecule has 1 aliphatic heterocycles. The molecule has 2 aromatic heterocycles. The van der Waals surface area contributed by atoms with Gasteiger partial charge >= 0.3 is 0 Å². The van der Waals surface area contributed by atoms with E-state index >= 15 is 0 Å². The van der Waals surface area contributed by atoms with Gasteiger partial charge in [-0.05, 0) is 19.1 Å². The largest absolute Gasteiger partial charge is 0.377 e. The summed E-state index contributed by atoms with van der Waals surface area (Å²) < 4.78 is 20.8. The topological polar surface area (TPSA) is 68.1 Å². The quantitative estimate of drug-likeness (QED) is 0.709. The molecule has 0 saturated carbocycles. The molecule has 1 aromatic carbocycles. The van der Waals surface area contributed by atoms with Crippen LogP contribution in [-0.2, 0) is 4.74 Å². The first-order valence-electron chi connectivity index (χ1n) is 8.32. The van der Waals surface area contributed by atoms with Crippen LogP contribution in [0.3, 0.4) is 0 Å². The van der Waals surface area contributed by atoms with Gasteiger partial charge in [-0.25, -0.2) is 18.9 Å². The van der Waals surface area contributed by atoms with Crippen LogP contribution in [0.1, 0.15) is 6.92 Å². The third kappa shape index (κ3) is 2.95. The van der Waals surface area contributed by atoms with Crippen molar-refractivity contribution >= 4 is 34.4 Å². The number of imidazole rings is 1. The third-order valence-corrected chi connectivity index (χ3v) is 4.57. The molecule has 1 atom stereocenters. The summed E-state index contributed by atoms with van der Waals surface area (Å²) in [5.74, 6) is 1.26. The lowest BCUT2D eigenvalue weighted by Gasteiger charge is -2.34. The molecule has 0 amide bonds. The minimum Gasteiger partial charge on any atom is -0.377 e. The van der Waals surface area contributed by atoms with Crippen molar-refractivity contribution in [1.29, 1.82) is 0 Å². The highest BCUT2D eigenvalue weighted by Gasteiger charge is 2.23. The van der Waals surface area contributed by atoms with Crippen molar-refractivity contribution in [3.05, 3.63) is 35.2 Å². The van der Waals surface area contributed by atoms with Crippen LogP contribution in [0.25, 0.3) is 17.0 Å². The van der Waals surface area contributed by atoms with E-state index in [4.69, 9.17) is 21.3 Å². The normalized spacial score (nSPS) is 17.7. The lowest BCUT2D eigenvalue weighted by atomic mass is 10.2. The summed E-state index contributed by atoms with van der Waals surface area (Å²) in [6.07, 6.45) is 0. The van der Waals surface area contributed by atoms with E-state index in [0.717, 1.165) is 12.4 Å². The van der Waals surface area contributed by atoms with Gasteiger partial charge in [0.25, 0.3) is 0 Å². The van der Waals surface area contributed by atoms with Crippen LogP contribution in [0.15, 0.2) is 24.3 Å². The van der Waals surface area contributed by atoms with Crippen LogP contribution in [0.5, 0.6) is 0 Å². The van der Waals surface area contributed by atoms with Gasteiger partial charge in [0.15, 0.2) is 0 Å². The smallest absolute Gasteiger partial charge is 0.240 e. The molecule has 0 radical (unpaired) electrons. The molecule has 0 aliphatic carbocycles. The number of hydrogen-bond donors (Lipinski definition) is 1. The number of rotatable bonds is 3. The number of nitrogens with one attached hydrogen (secondary N) is 1. The average Bonchev–Trinajstić information content (AvgIpc) is 2.99. The Kier molecular flexibility index (Phi) is 4.37. The van der Waals surface area contributed by atoms with Gasteiger partial charge in [-0.2, -0.15) is 4.98 Å². The average molecular weight is 377 g/mol. The van der Waals surface area contributed by atoms with E-state index in [1.54, 1.807) is 23.7 Å². The van der Waals surface area contributed by atoms with E-state index in [-0.39, 0.29) is 11.9 Å². The van der Waals surface area contributed by atoms with Crippen LogP contribution in [-0.4, -0.2) is 52.4 Å². The third-order valence-electron chi connectivity index (χ3n) is 4.37. The Labute approximate surface area is 154 Å². The molecular weight excluding hydrogens is 359 g/mol. The molecule has 136 valence electrons. The van der Waals surface area contributed by atoms with Crippen molar-refractivity contribution in [3.63, 3.8) is 0 Å². The van der Waals surface area contributed by atoms with E-state index in [1.165, 1.54) is 12.1 Å². The van der Waals surface area contributed by atoms with Gasteiger partial charge in [0.2, 0.25) is 11.9 Å². The maximum atomic E-state index is 13.6. The molecular formula is C17H18ClFN6O. The summed E-state index contributed by atoms with van der Waals surface area (Å²) in [5.41, 5.74) is 1.21. The van der Waals surface area contributed by atoms with Crippen LogP contribution < -0.4 is 10.2 Å². The highest BCUT2D eigenvalue weighted by atomic mass is 35.5. The lowest BCUT2D eigenvalue weighted by Crippen LogP contribution is -2.44. The molecule has 1 N–H and O–H groups in total. The molecule has 3 aromatic rings. The highest BCUT2D eigenvalue weighted by molar-refractivity contribution is 6.29. The Balaban J connectivity index is 1.87. The molecule has 0 spiro atoms. The summed E-state index contributed by atoms with van der Waals surface area (Å²) in [7, 11) is 1.74. The molecule has 1 fully saturated rings. The van der Waals surface area contributed by atoms with Crippen LogP contribution in [0, 0.1) is 5.82 Å². The number of ether oxygens (including phenoxy) is 1. The van der Waals surface area contributed by atoms with Gasteiger partial charge in [0, 0.05) is 25.7 Å². The van der Waals surface area contributed by atoms with E-state index < -0.39 is 0 Å². The van der Waals surface area contributed by atoms with E-state index in [0.29, 0.717) is 41.3 Å². The molecule has 4 rings (SSSR count). The predicted molar refractivity (Wildman–Crippen MR) is 98.8 cm³/mol. The summed E-state index contributed by atoms with van der Waals surface area (Å²) in [4.78, 5) is 15.6. The minimum atomic E-state index is -0.348. The second kappa shape index (κ2) is 6.69. The van der Waals surface area contributed by atoms with Crippen molar-refractivity contribution in [3.8, 4) is 5.95 Å². The molecule has 1 aliphatic rings. The standard InChI is InChI=1S/C17H18ClFN6O/c1-10-9-26-6-5-24(10)15-8-14(18)22-17(23-15)25-13-4-3-11(19)7-12(13)21-16(25)20-2/h3-4,7-8,10H,5-6,9H2,1-2H3,(H,20,21)/t10-/m1/s1. The first-order chi connectivity index (χ1) is 12.6. The van der Waals surface area contributed by atoms with Crippen LogP contribution >= 0.6 is 11.6 Å². The monoisotopic (exact) mass is 376 g/mol. The van der Waals surface area contributed by atoms with Crippen LogP contribution in [0.4, 0.5) is 16.2 Å². The molecule has 7 nitrogen and oxygen atoms in total. The first kappa shape index (κ1) is 17.0. The van der Waals surface area contributed by atoms with Crippen molar-refractivity contribution in [2.45, 2.75) is 13.0 Å². The fourth-order valence-corrected chi connectivity index (χ4v) is 3.31. The van der Waals surface area contributed by atoms with Crippen molar-refractivity contribution in [2.75, 3.05) is 37.0 Å². The Bertz CT molecular complexity index is 962. The molecule has 0 bridgehead atoms. The zero-order valence-corrected chi connectivity index (χ0v) is 15.2. The van der Waals surface area contributed by atoms with Gasteiger partial charge in [0.1, 0.15) is 16.8 Å². The number of anilines is 2.